The Hall–Kier alpha value is -2.55. The predicted octanol–water partition coefficient (Wildman–Crippen LogP) is 4.26. The first-order chi connectivity index (χ1) is 14.7. The first-order valence-electron chi connectivity index (χ1n) is 10.4. The van der Waals surface area contributed by atoms with Crippen LogP contribution in [0.4, 0.5) is 0 Å². The van der Waals surface area contributed by atoms with Crippen LogP contribution in [-0.4, -0.2) is 31.6 Å². The van der Waals surface area contributed by atoms with Crippen molar-refractivity contribution in [1.29, 1.82) is 0 Å². The zero-order valence-electron chi connectivity index (χ0n) is 18.3. The van der Waals surface area contributed by atoms with Crippen molar-refractivity contribution < 1.29 is 9.53 Å². The van der Waals surface area contributed by atoms with E-state index in [0.29, 0.717) is 37.8 Å². The fraction of sp³-hybridized carbons (Fsp3) is 0.333. The number of ether oxygens (including phenoxy) is 1. The minimum Gasteiger partial charge on any atom is -0.489 e. The van der Waals surface area contributed by atoms with Gasteiger partial charge in [0.1, 0.15) is 12.4 Å². The number of benzene rings is 2. The third-order valence-electron chi connectivity index (χ3n) is 4.26. The number of amides is 1. The molecular weight excluding hydrogens is 503 g/mol. The maximum absolute atomic E-state index is 12.2. The molecule has 1 amide bonds. The highest BCUT2D eigenvalue weighted by molar-refractivity contribution is 14.0. The summed E-state index contributed by atoms with van der Waals surface area (Å²) in [5.41, 5.74) is 2.67. The van der Waals surface area contributed by atoms with E-state index in [9.17, 15) is 4.79 Å². The molecule has 0 aliphatic carbocycles. The minimum atomic E-state index is -0.0520. The highest BCUT2D eigenvalue weighted by Gasteiger charge is 2.06. The van der Waals surface area contributed by atoms with Gasteiger partial charge in [-0.3, -0.25) is 4.79 Å². The van der Waals surface area contributed by atoms with Crippen LogP contribution in [0.2, 0.25) is 0 Å². The lowest BCUT2D eigenvalue weighted by atomic mass is 10.1. The molecule has 31 heavy (non-hydrogen) atoms. The van der Waals surface area contributed by atoms with Crippen LogP contribution in [0.25, 0.3) is 0 Å². The van der Waals surface area contributed by atoms with Crippen molar-refractivity contribution in [2.75, 3.05) is 19.7 Å². The molecule has 0 heterocycles. The average Bonchev–Trinajstić information content (AvgIpc) is 2.78. The summed E-state index contributed by atoms with van der Waals surface area (Å²) in [6.07, 6.45) is 2.64. The highest BCUT2D eigenvalue weighted by atomic mass is 127. The lowest BCUT2D eigenvalue weighted by molar-refractivity contribution is 0.0953. The summed E-state index contributed by atoms with van der Waals surface area (Å²) in [5.74, 6) is 1.48. The van der Waals surface area contributed by atoms with Gasteiger partial charge in [0.15, 0.2) is 5.96 Å². The Morgan fingerprint density at radius 1 is 1.10 bits per heavy atom. The molecule has 0 aliphatic heterocycles. The number of nitrogens with zero attached hydrogens (tertiary/aromatic N) is 1. The van der Waals surface area contributed by atoms with Crippen LogP contribution in [0.15, 0.2) is 66.2 Å². The Morgan fingerprint density at radius 3 is 2.65 bits per heavy atom. The van der Waals surface area contributed by atoms with Crippen LogP contribution in [0.3, 0.4) is 0 Å². The normalized spacial score (nSPS) is 10.6. The number of carbonyl (C=O) groups excluding carboxylic acids is 1. The van der Waals surface area contributed by atoms with Crippen LogP contribution in [0, 0.1) is 0 Å². The van der Waals surface area contributed by atoms with Crippen LogP contribution >= 0.6 is 24.0 Å². The van der Waals surface area contributed by atoms with Crippen molar-refractivity contribution in [2.45, 2.75) is 33.4 Å². The van der Waals surface area contributed by atoms with Gasteiger partial charge in [-0.05, 0) is 37.1 Å². The summed E-state index contributed by atoms with van der Waals surface area (Å²) in [5, 5.41) is 9.50. The van der Waals surface area contributed by atoms with Gasteiger partial charge in [-0.25, -0.2) is 4.99 Å². The molecule has 2 rings (SSSR count). The van der Waals surface area contributed by atoms with E-state index in [4.69, 9.17) is 4.74 Å². The highest BCUT2D eigenvalue weighted by Crippen LogP contribution is 2.17. The van der Waals surface area contributed by atoms with Crippen molar-refractivity contribution in [3.8, 4) is 5.75 Å². The largest absolute Gasteiger partial charge is 0.489 e. The summed E-state index contributed by atoms with van der Waals surface area (Å²) in [4.78, 5) is 16.8. The van der Waals surface area contributed by atoms with E-state index in [1.807, 2.05) is 62.4 Å². The third-order valence-corrected chi connectivity index (χ3v) is 4.26. The number of halogens is 1. The van der Waals surface area contributed by atoms with Crippen molar-refractivity contribution >= 4 is 35.8 Å². The maximum atomic E-state index is 12.2. The van der Waals surface area contributed by atoms with Crippen LogP contribution in [-0.2, 0) is 13.1 Å². The van der Waals surface area contributed by atoms with Gasteiger partial charge in [0.2, 0.25) is 0 Å². The maximum Gasteiger partial charge on any atom is 0.251 e. The molecule has 0 bridgehead atoms. The smallest absolute Gasteiger partial charge is 0.251 e. The van der Waals surface area contributed by atoms with Crippen molar-refractivity contribution in [3.05, 3.63) is 77.9 Å². The lowest BCUT2D eigenvalue weighted by Gasteiger charge is -2.14. The fourth-order valence-corrected chi connectivity index (χ4v) is 2.78. The van der Waals surface area contributed by atoms with Crippen molar-refractivity contribution in [1.82, 2.24) is 16.0 Å². The summed E-state index contributed by atoms with van der Waals surface area (Å²) in [6, 6.07) is 15.5. The van der Waals surface area contributed by atoms with E-state index < -0.39 is 0 Å². The second-order valence-corrected chi connectivity index (χ2v) is 6.71. The molecule has 2 aromatic carbocycles. The monoisotopic (exact) mass is 536 g/mol. The van der Waals surface area contributed by atoms with Gasteiger partial charge in [-0.1, -0.05) is 49.9 Å². The van der Waals surface area contributed by atoms with E-state index in [2.05, 4.69) is 27.5 Å². The fourth-order valence-electron chi connectivity index (χ4n) is 2.78. The molecule has 168 valence electrons. The Kier molecular flexibility index (Phi) is 13.1. The summed E-state index contributed by atoms with van der Waals surface area (Å²) < 4.78 is 5.72. The number of carbonyl (C=O) groups is 1. The van der Waals surface area contributed by atoms with Gasteiger partial charge in [-0.15, -0.1) is 24.0 Å². The van der Waals surface area contributed by atoms with E-state index in [1.165, 1.54) is 0 Å². The molecule has 0 unspecified atom stereocenters. The Balaban J connectivity index is 0.00000480. The molecule has 0 fully saturated rings. The minimum absolute atomic E-state index is 0. The van der Waals surface area contributed by atoms with Gasteiger partial charge in [0.05, 0.1) is 6.54 Å². The first kappa shape index (κ1) is 26.5. The molecule has 0 aliphatic rings. The van der Waals surface area contributed by atoms with Gasteiger partial charge in [0.25, 0.3) is 5.91 Å². The number of guanidine groups is 1. The van der Waals surface area contributed by atoms with Crippen molar-refractivity contribution in [2.24, 2.45) is 4.99 Å². The quantitative estimate of drug-likeness (QED) is 0.174. The second kappa shape index (κ2) is 15.3. The van der Waals surface area contributed by atoms with E-state index in [1.54, 1.807) is 6.08 Å². The zero-order chi connectivity index (χ0) is 21.6. The average molecular weight is 536 g/mol. The van der Waals surface area contributed by atoms with Crippen LogP contribution in [0.1, 0.15) is 41.8 Å². The Labute approximate surface area is 202 Å². The second-order valence-electron chi connectivity index (χ2n) is 6.71. The summed E-state index contributed by atoms with van der Waals surface area (Å²) >= 11 is 0. The number of nitrogens with one attached hydrogen (secondary N) is 3. The number of aliphatic imine (C=N–C) groups is 1. The van der Waals surface area contributed by atoms with Gasteiger partial charge >= 0.3 is 0 Å². The third kappa shape index (κ3) is 9.42. The zero-order valence-corrected chi connectivity index (χ0v) is 20.6. The molecule has 7 heteroatoms. The topological polar surface area (TPSA) is 74.8 Å². The molecule has 0 aromatic heterocycles. The molecule has 6 nitrogen and oxygen atoms in total. The standard InChI is InChI=1S/C24H32N4O2.HI/c1-4-14-26-23(29)20-12-9-10-19(16-20)17-27-24(25-6-3)28-18-21-11-7-8-13-22(21)30-15-5-2;/h5,7-13,16H,2,4,6,14-15,17-18H2,1,3H3,(H,26,29)(H2,25,27,28);1H. The van der Waals surface area contributed by atoms with Crippen LogP contribution < -0.4 is 20.7 Å². The van der Waals surface area contributed by atoms with E-state index >= 15 is 0 Å². The molecule has 0 saturated carbocycles. The molecule has 0 spiro atoms. The Bertz CT molecular complexity index is 855. The SMILES string of the molecule is C=CCOc1ccccc1CNC(=NCc1cccc(C(=O)NCCC)c1)NCC.I. The van der Waals surface area contributed by atoms with Gasteiger partial charge < -0.3 is 20.7 Å². The van der Waals surface area contributed by atoms with E-state index in [-0.39, 0.29) is 29.9 Å². The number of hydrogen-bond acceptors (Lipinski definition) is 3. The number of para-hydroxylation sites is 1. The Morgan fingerprint density at radius 2 is 1.90 bits per heavy atom. The van der Waals surface area contributed by atoms with Crippen LogP contribution in [0.5, 0.6) is 5.75 Å². The lowest BCUT2D eigenvalue weighted by Crippen LogP contribution is -2.36. The first-order valence-corrected chi connectivity index (χ1v) is 10.4. The van der Waals surface area contributed by atoms with Gasteiger partial charge in [-0.2, -0.15) is 0 Å². The summed E-state index contributed by atoms with van der Waals surface area (Å²) in [6.45, 7) is 10.7. The molecule has 0 atom stereocenters. The predicted molar refractivity (Wildman–Crippen MR) is 138 cm³/mol. The molecule has 0 radical (unpaired) electrons. The molecule has 3 N–H and O–H groups in total. The molecular formula is C24H33IN4O2. The number of rotatable bonds is 11. The molecule has 0 saturated heterocycles. The van der Waals surface area contributed by atoms with E-state index in [0.717, 1.165) is 29.8 Å². The summed E-state index contributed by atoms with van der Waals surface area (Å²) in [7, 11) is 0. The van der Waals surface area contributed by atoms with Crippen molar-refractivity contribution in [3.63, 3.8) is 0 Å². The molecule has 2 aromatic rings. The number of hydrogen-bond donors (Lipinski definition) is 3. The van der Waals surface area contributed by atoms with Gasteiger partial charge in [0, 0.05) is 30.8 Å².